The Balaban J connectivity index is 1.86. The number of rotatable bonds is 3. The van der Waals surface area contributed by atoms with Crippen LogP contribution >= 0.6 is 0 Å². The van der Waals surface area contributed by atoms with Gasteiger partial charge >= 0.3 is 0 Å². The highest BCUT2D eigenvalue weighted by Gasteiger charge is 2.15. The number of hydrogen-bond donors (Lipinski definition) is 0. The monoisotopic (exact) mass is 112 g/mol. The van der Waals surface area contributed by atoms with Crippen molar-refractivity contribution >= 4 is 0 Å². The number of nitrogens with zero attached hydrogens (tertiary/aromatic N) is 1. The SMILES string of the molecule is CC[N]CC1CCC1. The summed E-state index contributed by atoms with van der Waals surface area (Å²) in [4.78, 5) is 0. The van der Waals surface area contributed by atoms with Crippen LogP contribution in [0.15, 0.2) is 0 Å². The first-order valence-corrected chi connectivity index (χ1v) is 3.56. The third kappa shape index (κ3) is 1.48. The molecule has 1 rings (SSSR count). The lowest BCUT2D eigenvalue weighted by Gasteiger charge is -2.24. The third-order valence-corrected chi connectivity index (χ3v) is 1.84. The Morgan fingerprint density at radius 3 is 2.62 bits per heavy atom. The fourth-order valence-electron chi connectivity index (χ4n) is 0.987. The predicted molar refractivity (Wildman–Crippen MR) is 34.9 cm³/mol. The van der Waals surface area contributed by atoms with Gasteiger partial charge in [0.2, 0.25) is 0 Å². The van der Waals surface area contributed by atoms with E-state index in [-0.39, 0.29) is 0 Å². The van der Waals surface area contributed by atoms with Crippen molar-refractivity contribution in [3.05, 3.63) is 0 Å². The molecule has 47 valence electrons. The first-order valence-electron chi connectivity index (χ1n) is 3.56. The van der Waals surface area contributed by atoms with Gasteiger partial charge in [0.1, 0.15) is 0 Å². The quantitative estimate of drug-likeness (QED) is 0.524. The second-order valence-electron chi connectivity index (χ2n) is 2.52. The van der Waals surface area contributed by atoms with E-state index in [1.165, 1.54) is 19.3 Å². The summed E-state index contributed by atoms with van der Waals surface area (Å²) >= 11 is 0. The Morgan fingerprint density at radius 1 is 1.50 bits per heavy atom. The molecule has 8 heavy (non-hydrogen) atoms. The second-order valence-corrected chi connectivity index (χ2v) is 2.52. The molecule has 0 bridgehead atoms. The Bertz CT molecular complexity index is 57.4. The van der Waals surface area contributed by atoms with Crippen molar-refractivity contribution in [1.82, 2.24) is 5.32 Å². The van der Waals surface area contributed by atoms with Crippen LogP contribution in [0.4, 0.5) is 0 Å². The summed E-state index contributed by atoms with van der Waals surface area (Å²) in [6, 6.07) is 0. The summed E-state index contributed by atoms with van der Waals surface area (Å²) in [5, 5.41) is 4.29. The maximum absolute atomic E-state index is 4.29. The van der Waals surface area contributed by atoms with Crippen molar-refractivity contribution < 1.29 is 0 Å². The van der Waals surface area contributed by atoms with E-state index < -0.39 is 0 Å². The van der Waals surface area contributed by atoms with Crippen LogP contribution in [-0.4, -0.2) is 13.1 Å². The average Bonchev–Trinajstić information content (AvgIpc) is 1.63. The van der Waals surface area contributed by atoms with Crippen LogP contribution in [0.2, 0.25) is 0 Å². The molecule has 1 aliphatic rings. The maximum atomic E-state index is 4.29. The first kappa shape index (κ1) is 6.09. The Hall–Kier alpha value is -0.0400. The van der Waals surface area contributed by atoms with Gasteiger partial charge in [-0.05, 0) is 18.8 Å². The van der Waals surface area contributed by atoms with Crippen LogP contribution in [0.5, 0.6) is 0 Å². The average molecular weight is 112 g/mol. The van der Waals surface area contributed by atoms with Gasteiger partial charge in [-0.25, -0.2) is 5.32 Å². The van der Waals surface area contributed by atoms with Gasteiger partial charge in [-0.15, -0.1) is 0 Å². The van der Waals surface area contributed by atoms with Crippen LogP contribution in [0.25, 0.3) is 0 Å². The van der Waals surface area contributed by atoms with E-state index in [9.17, 15) is 0 Å². The summed E-state index contributed by atoms with van der Waals surface area (Å²) in [6.45, 7) is 4.26. The van der Waals surface area contributed by atoms with E-state index in [2.05, 4.69) is 12.2 Å². The zero-order valence-electron chi connectivity index (χ0n) is 5.56. The minimum absolute atomic E-state index is 0.968. The summed E-state index contributed by atoms with van der Waals surface area (Å²) in [6.07, 6.45) is 4.32. The van der Waals surface area contributed by atoms with E-state index in [1.807, 2.05) is 0 Å². The van der Waals surface area contributed by atoms with E-state index in [0.29, 0.717) is 0 Å². The molecular formula is C7H14N. The van der Waals surface area contributed by atoms with Crippen LogP contribution in [0.1, 0.15) is 26.2 Å². The lowest BCUT2D eigenvalue weighted by Crippen LogP contribution is -2.22. The predicted octanol–water partition coefficient (Wildman–Crippen LogP) is 1.41. The molecule has 1 saturated carbocycles. The lowest BCUT2D eigenvalue weighted by molar-refractivity contribution is 0.302. The van der Waals surface area contributed by atoms with Crippen molar-refractivity contribution in [2.45, 2.75) is 26.2 Å². The molecule has 0 aromatic carbocycles. The topological polar surface area (TPSA) is 14.1 Å². The summed E-state index contributed by atoms with van der Waals surface area (Å²) in [7, 11) is 0. The van der Waals surface area contributed by atoms with Crippen molar-refractivity contribution in [2.75, 3.05) is 13.1 Å². The molecule has 1 aliphatic carbocycles. The Labute approximate surface area is 51.5 Å². The molecule has 1 radical (unpaired) electrons. The maximum Gasteiger partial charge on any atom is 0.0161 e. The molecule has 0 spiro atoms. The molecule has 0 aromatic heterocycles. The van der Waals surface area contributed by atoms with Crippen molar-refractivity contribution in [1.29, 1.82) is 0 Å². The first-order chi connectivity index (χ1) is 3.93. The van der Waals surface area contributed by atoms with Gasteiger partial charge in [0.05, 0.1) is 0 Å². The molecule has 0 N–H and O–H groups in total. The number of hydrogen-bond acceptors (Lipinski definition) is 0. The smallest absolute Gasteiger partial charge is 0.0161 e. The highest BCUT2D eigenvalue weighted by molar-refractivity contribution is 4.70. The summed E-state index contributed by atoms with van der Waals surface area (Å²) in [5.41, 5.74) is 0. The van der Waals surface area contributed by atoms with Crippen molar-refractivity contribution in [3.8, 4) is 0 Å². The fourth-order valence-corrected chi connectivity index (χ4v) is 0.987. The molecule has 1 nitrogen and oxygen atoms in total. The Kier molecular flexibility index (Phi) is 2.34. The molecule has 0 aliphatic heterocycles. The van der Waals surface area contributed by atoms with Crippen LogP contribution < -0.4 is 5.32 Å². The van der Waals surface area contributed by atoms with Gasteiger partial charge in [0.25, 0.3) is 0 Å². The fraction of sp³-hybridized carbons (Fsp3) is 1.00. The van der Waals surface area contributed by atoms with Gasteiger partial charge in [0, 0.05) is 13.1 Å². The van der Waals surface area contributed by atoms with Crippen LogP contribution in [0, 0.1) is 5.92 Å². The lowest BCUT2D eigenvalue weighted by atomic mass is 9.85. The molecule has 0 heterocycles. The van der Waals surface area contributed by atoms with E-state index in [4.69, 9.17) is 0 Å². The van der Waals surface area contributed by atoms with Gasteiger partial charge in [0.15, 0.2) is 0 Å². The highest BCUT2D eigenvalue weighted by Crippen LogP contribution is 2.25. The molecular weight excluding hydrogens is 98.1 g/mol. The third-order valence-electron chi connectivity index (χ3n) is 1.84. The van der Waals surface area contributed by atoms with Crippen molar-refractivity contribution in [3.63, 3.8) is 0 Å². The zero-order chi connectivity index (χ0) is 5.82. The van der Waals surface area contributed by atoms with Crippen LogP contribution in [0.3, 0.4) is 0 Å². The van der Waals surface area contributed by atoms with E-state index in [1.54, 1.807) is 0 Å². The van der Waals surface area contributed by atoms with Gasteiger partial charge < -0.3 is 0 Å². The summed E-state index contributed by atoms with van der Waals surface area (Å²) in [5.74, 6) is 0.968. The molecule has 0 aromatic rings. The van der Waals surface area contributed by atoms with E-state index in [0.717, 1.165) is 19.0 Å². The minimum Gasteiger partial charge on any atom is -0.242 e. The minimum atomic E-state index is 0.968. The van der Waals surface area contributed by atoms with Gasteiger partial charge in [-0.1, -0.05) is 13.3 Å². The van der Waals surface area contributed by atoms with E-state index >= 15 is 0 Å². The van der Waals surface area contributed by atoms with Gasteiger partial charge in [-0.2, -0.15) is 0 Å². The largest absolute Gasteiger partial charge is 0.242 e. The van der Waals surface area contributed by atoms with Crippen LogP contribution in [-0.2, 0) is 0 Å². The standard InChI is InChI=1S/C7H14N/c1-2-8-6-7-4-3-5-7/h7H,2-6H2,1H3. The molecule has 1 fully saturated rings. The highest BCUT2D eigenvalue weighted by atomic mass is 14.8. The second kappa shape index (κ2) is 3.08. The summed E-state index contributed by atoms with van der Waals surface area (Å²) < 4.78 is 0. The molecule has 0 saturated heterocycles. The zero-order valence-corrected chi connectivity index (χ0v) is 5.56. The van der Waals surface area contributed by atoms with Gasteiger partial charge in [-0.3, -0.25) is 0 Å². The molecule has 0 atom stereocenters. The Morgan fingerprint density at radius 2 is 2.25 bits per heavy atom. The molecule has 0 unspecified atom stereocenters. The normalized spacial score (nSPS) is 20.6. The molecule has 1 heteroatoms. The molecule has 0 amide bonds. The van der Waals surface area contributed by atoms with Crippen molar-refractivity contribution in [2.24, 2.45) is 5.92 Å².